The molecular formula is C19H19Cl2N3O5. The summed E-state index contributed by atoms with van der Waals surface area (Å²) in [4.78, 5) is 36.3. The number of nitrogens with one attached hydrogen (secondary N) is 1. The molecular weight excluding hydrogens is 421 g/mol. The number of carbonyl (C=O) groups excluding carboxylic acids is 2. The van der Waals surface area contributed by atoms with E-state index in [4.69, 9.17) is 27.9 Å². The lowest BCUT2D eigenvalue weighted by molar-refractivity contribution is -0.384. The Labute approximate surface area is 177 Å². The van der Waals surface area contributed by atoms with Gasteiger partial charge in [-0.05, 0) is 36.8 Å². The molecule has 2 aromatic rings. The zero-order chi connectivity index (χ0) is 21.4. The number of nitro benzene ring substituents is 1. The largest absolute Gasteiger partial charge is 0.484 e. The molecule has 0 radical (unpaired) electrons. The number of halogens is 2. The third-order valence-electron chi connectivity index (χ3n) is 3.80. The van der Waals surface area contributed by atoms with E-state index in [9.17, 15) is 19.7 Å². The molecule has 0 saturated heterocycles. The summed E-state index contributed by atoms with van der Waals surface area (Å²) in [7, 11) is 0. The first-order chi connectivity index (χ1) is 13.8. The summed E-state index contributed by atoms with van der Waals surface area (Å²) in [5, 5.41) is 14.0. The van der Waals surface area contributed by atoms with Gasteiger partial charge in [-0.15, -0.1) is 0 Å². The molecule has 29 heavy (non-hydrogen) atoms. The summed E-state index contributed by atoms with van der Waals surface area (Å²) >= 11 is 11.9. The molecule has 0 spiro atoms. The lowest BCUT2D eigenvalue weighted by Crippen LogP contribution is -2.41. The van der Waals surface area contributed by atoms with E-state index >= 15 is 0 Å². The number of hydrogen-bond donors (Lipinski definition) is 1. The summed E-state index contributed by atoms with van der Waals surface area (Å²) in [6, 6.07) is 10.1. The summed E-state index contributed by atoms with van der Waals surface area (Å²) in [5.74, 6) is -0.480. The molecule has 0 heterocycles. The number of ether oxygens (including phenoxy) is 1. The Bertz CT molecular complexity index is 890. The van der Waals surface area contributed by atoms with Gasteiger partial charge >= 0.3 is 0 Å². The number of rotatable bonds is 9. The van der Waals surface area contributed by atoms with Gasteiger partial charge in [0.1, 0.15) is 5.75 Å². The van der Waals surface area contributed by atoms with Gasteiger partial charge in [0.15, 0.2) is 6.61 Å². The van der Waals surface area contributed by atoms with Crippen molar-refractivity contribution in [2.45, 2.75) is 13.3 Å². The second-order valence-corrected chi connectivity index (χ2v) is 6.87. The molecule has 2 aromatic carbocycles. The average Bonchev–Trinajstić information content (AvgIpc) is 2.68. The van der Waals surface area contributed by atoms with E-state index in [0.29, 0.717) is 34.4 Å². The van der Waals surface area contributed by atoms with Crippen LogP contribution in [0.5, 0.6) is 5.75 Å². The Morgan fingerprint density at radius 1 is 1.17 bits per heavy atom. The number of anilines is 1. The standard InChI is InChI=1S/C19H19Cl2N3O5/c1-2-9-23(11-18(25)22-17-8-3-13(20)10-16(17)21)19(26)12-29-15-6-4-14(5-7-15)24(27)28/h3-8,10H,2,9,11-12H2,1H3,(H,22,25). The molecule has 0 aliphatic rings. The Hall–Kier alpha value is -2.84. The molecule has 8 nitrogen and oxygen atoms in total. The van der Waals surface area contributed by atoms with Gasteiger partial charge in [-0.1, -0.05) is 30.1 Å². The van der Waals surface area contributed by atoms with Crippen molar-refractivity contribution in [2.75, 3.05) is 25.0 Å². The van der Waals surface area contributed by atoms with Crippen molar-refractivity contribution in [3.8, 4) is 5.75 Å². The van der Waals surface area contributed by atoms with Gasteiger partial charge in [-0.2, -0.15) is 0 Å². The second kappa shape index (κ2) is 10.6. The number of carbonyl (C=O) groups is 2. The predicted molar refractivity (Wildman–Crippen MR) is 111 cm³/mol. The maximum atomic E-state index is 12.5. The summed E-state index contributed by atoms with van der Waals surface area (Å²) in [6.45, 7) is 1.78. The first kappa shape index (κ1) is 22.4. The zero-order valence-electron chi connectivity index (χ0n) is 15.6. The van der Waals surface area contributed by atoms with Crippen LogP contribution in [0.2, 0.25) is 10.0 Å². The van der Waals surface area contributed by atoms with Crippen molar-refractivity contribution in [3.05, 3.63) is 62.6 Å². The van der Waals surface area contributed by atoms with Crippen molar-refractivity contribution in [2.24, 2.45) is 0 Å². The molecule has 0 aliphatic carbocycles. The van der Waals surface area contributed by atoms with Gasteiger partial charge in [0, 0.05) is 23.7 Å². The van der Waals surface area contributed by atoms with Crippen molar-refractivity contribution in [1.29, 1.82) is 0 Å². The number of nitro groups is 1. The van der Waals surface area contributed by atoms with Crippen LogP contribution in [0.3, 0.4) is 0 Å². The van der Waals surface area contributed by atoms with Crippen LogP contribution in [0.15, 0.2) is 42.5 Å². The van der Waals surface area contributed by atoms with Gasteiger partial charge in [0.2, 0.25) is 5.91 Å². The van der Waals surface area contributed by atoms with Crippen LogP contribution in [-0.2, 0) is 9.59 Å². The average molecular weight is 440 g/mol. The molecule has 1 N–H and O–H groups in total. The van der Waals surface area contributed by atoms with Crippen LogP contribution in [0.4, 0.5) is 11.4 Å². The first-order valence-electron chi connectivity index (χ1n) is 8.70. The van der Waals surface area contributed by atoms with Gasteiger partial charge < -0.3 is 15.0 Å². The van der Waals surface area contributed by atoms with Gasteiger partial charge in [0.25, 0.3) is 11.6 Å². The molecule has 0 fully saturated rings. The lowest BCUT2D eigenvalue weighted by Gasteiger charge is -2.22. The van der Waals surface area contributed by atoms with Crippen LogP contribution in [0.25, 0.3) is 0 Å². The molecule has 0 saturated carbocycles. The number of hydrogen-bond acceptors (Lipinski definition) is 5. The van der Waals surface area contributed by atoms with Crippen LogP contribution >= 0.6 is 23.2 Å². The highest BCUT2D eigenvalue weighted by Crippen LogP contribution is 2.25. The SMILES string of the molecule is CCCN(CC(=O)Nc1ccc(Cl)cc1Cl)C(=O)COc1ccc([N+](=O)[O-])cc1. The van der Waals surface area contributed by atoms with Crippen molar-refractivity contribution in [3.63, 3.8) is 0 Å². The van der Waals surface area contributed by atoms with Crippen LogP contribution in [-0.4, -0.2) is 41.3 Å². The molecule has 154 valence electrons. The topological polar surface area (TPSA) is 102 Å². The summed E-state index contributed by atoms with van der Waals surface area (Å²) in [5.41, 5.74) is 0.320. The lowest BCUT2D eigenvalue weighted by atomic mass is 10.3. The number of nitrogens with zero attached hydrogens (tertiary/aromatic N) is 2. The fourth-order valence-electron chi connectivity index (χ4n) is 2.42. The minimum absolute atomic E-state index is 0.0752. The quantitative estimate of drug-likeness (QED) is 0.466. The van der Waals surface area contributed by atoms with E-state index in [-0.39, 0.29) is 24.7 Å². The zero-order valence-corrected chi connectivity index (χ0v) is 17.1. The highest BCUT2D eigenvalue weighted by Gasteiger charge is 2.18. The minimum Gasteiger partial charge on any atom is -0.484 e. The van der Waals surface area contributed by atoms with E-state index in [2.05, 4.69) is 5.32 Å². The second-order valence-electron chi connectivity index (χ2n) is 6.03. The highest BCUT2D eigenvalue weighted by molar-refractivity contribution is 6.36. The van der Waals surface area contributed by atoms with Crippen molar-refractivity contribution in [1.82, 2.24) is 4.90 Å². The van der Waals surface area contributed by atoms with Crippen molar-refractivity contribution < 1.29 is 19.2 Å². The normalized spacial score (nSPS) is 10.3. The molecule has 2 amide bonds. The highest BCUT2D eigenvalue weighted by atomic mass is 35.5. The van der Waals surface area contributed by atoms with Crippen molar-refractivity contribution >= 4 is 46.4 Å². The van der Waals surface area contributed by atoms with Crippen LogP contribution in [0.1, 0.15) is 13.3 Å². The Morgan fingerprint density at radius 3 is 2.45 bits per heavy atom. The summed E-state index contributed by atoms with van der Waals surface area (Å²) in [6.07, 6.45) is 0.651. The molecule has 0 aliphatic heterocycles. The third kappa shape index (κ3) is 6.92. The first-order valence-corrected chi connectivity index (χ1v) is 9.45. The number of amides is 2. The number of non-ortho nitro benzene ring substituents is 1. The summed E-state index contributed by atoms with van der Waals surface area (Å²) < 4.78 is 5.38. The van der Waals surface area contributed by atoms with E-state index in [0.717, 1.165) is 0 Å². The molecule has 0 aromatic heterocycles. The Balaban J connectivity index is 1.93. The molecule has 0 unspecified atom stereocenters. The maximum absolute atomic E-state index is 12.5. The Morgan fingerprint density at radius 2 is 1.86 bits per heavy atom. The van der Waals surface area contributed by atoms with E-state index < -0.39 is 10.8 Å². The van der Waals surface area contributed by atoms with E-state index in [1.165, 1.54) is 35.2 Å². The predicted octanol–water partition coefficient (Wildman–Crippen LogP) is 4.16. The molecule has 0 atom stereocenters. The van der Waals surface area contributed by atoms with Crippen LogP contribution in [0, 0.1) is 10.1 Å². The monoisotopic (exact) mass is 439 g/mol. The maximum Gasteiger partial charge on any atom is 0.269 e. The fourth-order valence-corrected chi connectivity index (χ4v) is 2.87. The van der Waals surface area contributed by atoms with Gasteiger partial charge in [-0.3, -0.25) is 19.7 Å². The van der Waals surface area contributed by atoms with Gasteiger partial charge in [-0.25, -0.2) is 0 Å². The molecule has 2 rings (SSSR count). The fraction of sp³-hybridized carbons (Fsp3) is 0.263. The smallest absolute Gasteiger partial charge is 0.269 e. The van der Waals surface area contributed by atoms with Gasteiger partial charge in [0.05, 0.1) is 22.2 Å². The number of benzene rings is 2. The van der Waals surface area contributed by atoms with E-state index in [1.807, 2.05) is 6.92 Å². The molecule has 0 bridgehead atoms. The third-order valence-corrected chi connectivity index (χ3v) is 4.34. The van der Waals surface area contributed by atoms with E-state index in [1.54, 1.807) is 12.1 Å². The Kier molecular flexibility index (Phi) is 8.23. The molecule has 10 heteroatoms. The van der Waals surface area contributed by atoms with Crippen LogP contribution < -0.4 is 10.1 Å². The minimum atomic E-state index is -0.524.